The fraction of sp³-hybridized carbons (Fsp3) is 0.273. The van der Waals surface area contributed by atoms with Gasteiger partial charge in [-0.2, -0.15) is 10.2 Å². The number of aryl methyl sites for hydroxylation is 1. The first kappa shape index (κ1) is 17.5. The third kappa shape index (κ3) is 4.44. The van der Waals surface area contributed by atoms with Crippen molar-refractivity contribution >= 4 is 6.21 Å². The third-order valence-corrected chi connectivity index (χ3v) is 4.62. The van der Waals surface area contributed by atoms with Crippen LogP contribution in [0.4, 0.5) is 0 Å². The minimum atomic E-state index is 0.731. The predicted molar refractivity (Wildman–Crippen MR) is 108 cm³/mol. The number of hydrogen-bond donors (Lipinski definition) is 0. The lowest BCUT2D eigenvalue weighted by Gasteiger charge is -2.23. The van der Waals surface area contributed by atoms with Gasteiger partial charge in [-0.05, 0) is 18.6 Å². The van der Waals surface area contributed by atoms with Gasteiger partial charge in [0.2, 0.25) is 0 Å². The highest BCUT2D eigenvalue weighted by molar-refractivity contribution is 5.88. The number of hydrazone groups is 1. The molecule has 0 bridgehead atoms. The molecule has 0 saturated carbocycles. The number of hydrogen-bond acceptors (Lipinski definition) is 4. The van der Waals surface area contributed by atoms with Gasteiger partial charge in [-0.25, -0.2) is 0 Å². The monoisotopic (exact) mass is 360 g/mol. The SMILES string of the molecule is Cc1cccc(-c2nn(Cc3ccccc3)cc2/C=N\N2CCOCC2)c1. The molecule has 0 atom stereocenters. The summed E-state index contributed by atoms with van der Waals surface area (Å²) in [4.78, 5) is 0. The van der Waals surface area contributed by atoms with Crippen LogP contribution in [-0.4, -0.2) is 47.3 Å². The van der Waals surface area contributed by atoms with Gasteiger partial charge in [0.1, 0.15) is 5.69 Å². The van der Waals surface area contributed by atoms with Crippen LogP contribution in [0.25, 0.3) is 11.3 Å². The molecule has 2 aromatic carbocycles. The lowest BCUT2D eigenvalue weighted by Crippen LogP contribution is -2.32. The number of ether oxygens (including phenoxy) is 1. The molecule has 5 nitrogen and oxygen atoms in total. The Morgan fingerprint density at radius 1 is 1.07 bits per heavy atom. The van der Waals surface area contributed by atoms with Crippen molar-refractivity contribution in [1.82, 2.24) is 14.8 Å². The van der Waals surface area contributed by atoms with E-state index in [9.17, 15) is 0 Å². The van der Waals surface area contributed by atoms with E-state index in [2.05, 4.69) is 71.8 Å². The normalized spacial score (nSPS) is 14.8. The second kappa shape index (κ2) is 8.18. The molecule has 1 aliphatic heterocycles. The van der Waals surface area contributed by atoms with Crippen LogP contribution in [0.3, 0.4) is 0 Å². The summed E-state index contributed by atoms with van der Waals surface area (Å²) >= 11 is 0. The molecular formula is C22H24N4O. The highest BCUT2D eigenvalue weighted by atomic mass is 16.5. The fourth-order valence-corrected chi connectivity index (χ4v) is 3.21. The first-order valence-electron chi connectivity index (χ1n) is 9.33. The van der Waals surface area contributed by atoms with Crippen molar-refractivity contribution in [2.75, 3.05) is 26.3 Å². The Balaban J connectivity index is 1.65. The molecular weight excluding hydrogens is 336 g/mol. The van der Waals surface area contributed by atoms with Crippen molar-refractivity contribution in [1.29, 1.82) is 0 Å². The second-order valence-electron chi connectivity index (χ2n) is 6.80. The minimum Gasteiger partial charge on any atom is -0.378 e. The van der Waals surface area contributed by atoms with Gasteiger partial charge >= 0.3 is 0 Å². The molecule has 0 unspecified atom stereocenters. The Kier molecular flexibility index (Phi) is 5.30. The van der Waals surface area contributed by atoms with E-state index in [0.717, 1.165) is 49.7 Å². The van der Waals surface area contributed by atoms with Crippen LogP contribution in [0, 0.1) is 6.92 Å². The summed E-state index contributed by atoms with van der Waals surface area (Å²) in [5.41, 5.74) is 5.56. The van der Waals surface area contributed by atoms with Crippen LogP contribution in [0.5, 0.6) is 0 Å². The van der Waals surface area contributed by atoms with Crippen molar-refractivity contribution < 1.29 is 4.74 Å². The molecule has 4 rings (SSSR count). The van der Waals surface area contributed by atoms with Crippen LogP contribution in [0.2, 0.25) is 0 Å². The molecule has 1 aromatic heterocycles. The number of morpholine rings is 1. The first-order chi connectivity index (χ1) is 13.3. The number of rotatable bonds is 5. The number of benzene rings is 2. The Hall–Kier alpha value is -2.92. The molecule has 3 aromatic rings. The highest BCUT2D eigenvalue weighted by Crippen LogP contribution is 2.22. The molecule has 27 heavy (non-hydrogen) atoms. The van der Waals surface area contributed by atoms with Crippen LogP contribution >= 0.6 is 0 Å². The van der Waals surface area contributed by atoms with Gasteiger partial charge in [0.15, 0.2) is 0 Å². The van der Waals surface area contributed by atoms with E-state index in [-0.39, 0.29) is 0 Å². The van der Waals surface area contributed by atoms with Crippen molar-refractivity contribution in [3.8, 4) is 11.3 Å². The summed E-state index contributed by atoms with van der Waals surface area (Å²) in [6.07, 6.45) is 4.01. The molecule has 1 aliphatic rings. The zero-order valence-corrected chi connectivity index (χ0v) is 15.6. The van der Waals surface area contributed by atoms with Crippen molar-refractivity contribution in [3.05, 3.63) is 77.5 Å². The molecule has 1 fully saturated rings. The van der Waals surface area contributed by atoms with Crippen LogP contribution in [-0.2, 0) is 11.3 Å². The van der Waals surface area contributed by atoms with Crippen LogP contribution < -0.4 is 0 Å². The van der Waals surface area contributed by atoms with Crippen molar-refractivity contribution in [2.45, 2.75) is 13.5 Å². The van der Waals surface area contributed by atoms with E-state index in [1.165, 1.54) is 11.1 Å². The molecule has 5 heteroatoms. The molecule has 1 saturated heterocycles. The summed E-state index contributed by atoms with van der Waals surface area (Å²) in [7, 11) is 0. The Morgan fingerprint density at radius 3 is 2.67 bits per heavy atom. The van der Waals surface area contributed by atoms with Crippen LogP contribution in [0.15, 0.2) is 65.9 Å². The Bertz CT molecular complexity index is 911. The van der Waals surface area contributed by atoms with E-state index >= 15 is 0 Å². The summed E-state index contributed by atoms with van der Waals surface area (Å²) < 4.78 is 7.39. The average Bonchev–Trinajstić information content (AvgIpc) is 3.11. The van der Waals surface area contributed by atoms with Crippen molar-refractivity contribution in [2.24, 2.45) is 5.10 Å². The van der Waals surface area contributed by atoms with Crippen LogP contribution in [0.1, 0.15) is 16.7 Å². The van der Waals surface area contributed by atoms with E-state index in [1.807, 2.05) is 17.0 Å². The lowest BCUT2D eigenvalue weighted by atomic mass is 10.1. The third-order valence-electron chi connectivity index (χ3n) is 4.62. The molecule has 0 N–H and O–H groups in total. The summed E-state index contributed by atoms with van der Waals surface area (Å²) in [6, 6.07) is 18.8. The topological polar surface area (TPSA) is 42.7 Å². The van der Waals surface area contributed by atoms with Gasteiger partial charge in [-0.1, -0.05) is 54.1 Å². The van der Waals surface area contributed by atoms with Gasteiger partial charge < -0.3 is 4.74 Å². The van der Waals surface area contributed by atoms with E-state index < -0.39 is 0 Å². The maximum absolute atomic E-state index is 5.40. The zero-order chi connectivity index (χ0) is 18.5. The van der Waals surface area contributed by atoms with Gasteiger partial charge in [0.05, 0.1) is 39.1 Å². The number of aromatic nitrogens is 2. The zero-order valence-electron chi connectivity index (χ0n) is 15.6. The smallest absolute Gasteiger partial charge is 0.101 e. The second-order valence-corrected chi connectivity index (χ2v) is 6.80. The number of nitrogens with zero attached hydrogens (tertiary/aromatic N) is 4. The van der Waals surface area contributed by atoms with Gasteiger partial charge in [-0.15, -0.1) is 0 Å². The van der Waals surface area contributed by atoms with Gasteiger partial charge in [0.25, 0.3) is 0 Å². The molecule has 0 amide bonds. The fourth-order valence-electron chi connectivity index (χ4n) is 3.21. The van der Waals surface area contributed by atoms with E-state index in [4.69, 9.17) is 9.84 Å². The molecule has 138 valence electrons. The lowest BCUT2D eigenvalue weighted by molar-refractivity contribution is 0.0397. The maximum atomic E-state index is 5.40. The summed E-state index contributed by atoms with van der Waals surface area (Å²) in [5.74, 6) is 0. The molecule has 2 heterocycles. The van der Waals surface area contributed by atoms with E-state index in [0.29, 0.717) is 0 Å². The van der Waals surface area contributed by atoms with Gasteiger partial charge in [0, 0.05) is 17.3 Å². The minimum absolute atomic E-state index is 0.731. The molecule has 0 spiro atoms. The molecule has 0 radical (unpaired) electrons. The quantitative estimate of drug-likeness (QED) is 0.653. The van der Waals surface area contributed by atoms with E-state index in [1.54, 1.807) is 0 Å². The average molecular weight is 360 g/mol. The van der Waals surface area contributed by atoms with Crippen molar-refractivity contribution in [3.63, 3.8) is 0 Å². The maximum Gasteiger partial charge on any atom is 0.101 e. The Morgan fingerprint density at radius 2 is 1.89 bits per heavy atom. The largest absolute Gasteiger partial charge is 0.378 e. The predicted octanol–water partition coefficient (Wildman–Crippen LogP) is 3.57. The highest BCUT2D eigenvalue weighted by Gasteiger charge is 2.12. The summed E-state index contributed by atoms with van der Waals surface area (Å²) in [5, 5.41) is 11.6. The first-order valence-corrected chi connectivity index (χ1v) is 9.33. The standard InChI is InChI=1S/C22H24N4O/c1-18-6-5-9-20(14-18)22-21(15-23-25-10-12-27-13-11-25)17-26(24-22)16-19-7-3-2-4-8-19/h2-9,14-15,17H,10-13,16H2,1H3/b23-15-. The Labute approximate surface area is 159 Å². The summed E-state index contributed by atoms with van der Waals surface area (Å²) in [6.45, 7) is 5.96. The molecule has 0 aliphatic carbocycles. The van der Waals surface area contributed by atoms with Gasteiger partial charge in [-0.3, -0.25) is 9.69 Å².